The van der Waals surface area contributed by atoms with Gasteiger partial charge < -0.3 is 24.4 Å². The molecule has 1 spiro atoms. The molecule has 4 aliphatic rings. The molecule has 2 N–H and O–H groups in total. The van der Waals surface area contributed by atoms with Crippen LogP contribution in [-0.2, 0) is 21.8 Å². The van der Waals surface area contributed by atoms with Gasteiger partial charge in [0.15, 0.2) is 17.4 Å². The van der Waals surface area contributed by atoms with Crippen molar-refractivity contribution < 1.29 is 41.0 Å². The van der Waals surface area contributed by atoms with Crippen molar-refractivity contribution in [2.24, 2.45) is 22.4 Å². The highest BCUT2D eigenvalue weighted by atomic mass is 32.2. The van der Waals surface area contributed by atoms with E-state index in [-0.39, 0.29) is 40.4 Å². The summed E-state index contributed by atoms with van der Waals surface area (Å²) >= 11 is 0. The fourth-order valence-corrected chi connectivity index (χ4v) is 9.14. The van der Waals surface area contributed by atoms with Crippen LogP contribution in [0.25, 0.3) is 0 Å². The SMILES string of the molecule is C=N/C=C(Oc1ccc(F)cc1C(=O)N(C(C)C)C1CC(F)(F)C1)\C(=N/C)N1CC2(CCN(C[C@@]3(O)CC[C@@H](NS(=O)(=O)c4cnn(C)c4)CO3)CC2)C1. The average molecular weight is 779 g/mol. The van der Waals surface area contributed by atoms with Gasteiger partial charge in [0.05, 0.1) is 31.1 Å². The van der Waals surface area contributed by atoms with Gasteiger partial charge in [-0.2, -0.15) is 5.10 Å². The van der Waals surface area contributed by atoms with Gasteiger partial charge in [0.1, 0.15) is 16.5 Å². The number of aliphatic imine (C=N–C) groups is 2. The summed E-state index contributed by atoms with van der Waals surface area (Å²) in [6.07, 6.45) is 5.57. The standard InChI is InChI=1S/C36H49F3N8O6S/c1-24(2)47(27-15-35(38,39)16-27)33(48)29-14-25(37)6-7-30(29)53-31(18-40-3)32(41-4)46-21-34(22-46)10-12-45(13-11-34)23-36(49)9-8-26(20-52-36)43-54(50,51)28-17-42-44(5)19-28/h6-7,14,17-19,24,26-27,43,49H,3,8-13,15-16,20-23H2,1-2,4-5H3/b31-18+,41-32+/t26-,36-/m1/s1. The summed E-state index contributed by atoms with van der Waals surface area (Å²) < 4.78 is 83.6. The third-order valence-corrected chi connectivity index (χ3v) is 12.2. The Kier molecular flexibility index (Phi) is 11.3. The molecule has 4 fully saturated rings. The lowest BCUT2D eigenvalue weighted by molar-refractivity contribution is -0.239. The van der Waals surface area contributed by atoms with Gasteiger partial charge in [0.2, 0.25) is 10.0 Å². The molecule has 1 saturated carbocycles. The minimum atomic E-state index is -3.76. The van der Waals surface area contributed by atoms with Gasteiger partial charge in [-0.25, -0.2) is 26.3 Å². The molecule has 2 atom stereocenters. The van der Waals surface area contributed by atoms with E-state index in [1.807, 2.05) is 4.90 Å². The number of carbonyl (C=O) groups is 1. The number of hydrogen-bond acceptors (Lipinski definition) is 10. The second-order valence-electron chi connectivity index (χ2n) is 15.3. The second-order valence-corrected chi connectivity index (χ2v) is 17.0. The lowest BCUT2D eigenvalue weighted by atomic mass is 9.71. The molecule has 1 aliphatic carbocycles. The third-order valence-electron chi connectivity index (χ3n) is 10.8. The molecule has 2 aromatic rings. The molecule has 1 aromatic carbocycles. The lowest BCUT2D eigenvalue weighted by Crippen LogP contribution is -2.63. The number of benzene rings is 1. The number of aliphatic hydroxyl groups is 1. The van der Waals surface area contributed by atoms with Crippen LogP contribution >= 0.6 is 0 Å². The summed E-state index contributed by atoms with van der Waals surface area (Å²) in [4.78, 5) is 27.8. The quantitative estimate of drug-likeness (QED) is 0.188. The number of alkyl halides is 2. The number of sulfonamides is 1. The summed E-state index contributed by atoms with van der Waals surface area (Å²) in [5, 5.41) is 15.2. The van der Waals surface area contributed by atoms with Crippen LogP contribution in [0.3, 0.4) is 0 Å². The predicted octanol–water partition coefficient (Wildman–Crippen LogP) is 3.40. The van der Waals surface area contributed by atoms with Crippen LogP contribution in [0, 0.1) is 11.2 Å². The Morgan fingerprint density at radius 2 is 1.94 bits per heavy atom. The summed E-state index contributed by atoms with van der Waals surface area (Å²) in [6.45, 7) is 10.1. The molecule has 54 heavy (non-hydrogen) atoms. The highest BCUT2D eigenvalue weighted by Crippen LogP contribution is 2.44. The van der Waals surface area contributed by atoms with Gasteiger partial charge in [0.25, 0.3) is 11.8 Å². The zero-order chi connectivity index (χ0) is 39.1. The number of halogens is 3. The highest BCUT2D eigenvalue weighted by Gasteiger charge is 2.51. The topological polar surface area (TPSA) is 154 Å². The van der Waals surface area contributed by atoms with E-state index >= 15 is 0 Å². The zero-order valence-electron chi connectivity index (χ0n) is 31.0. The van der Waals surface area contributed by atoms with Crippen molar-refractivity contribution in [2.75, 3.05) is 46.4 Å². The highest BCUT2D eigenvalue weighted by molar-refractivity contribution is 7.89. The van der Waals surface area contributed by atoms with Gasteiger partial charge in [-0.3, -0.25) is 24.4 Å². The Bertz CT molecular complexity index is 1870. The molecule has 1 aromatic heterocycles. The van der Waals surface area contributed by atoms with Crippen LogP contribution in [0.1, 0.15) is 62.7 Å². The van der Waals surface area contributed by atoms with E-state index in [4.69, 9.17) is 9.47 Å². The van der Waals surface area contributed by atoms with Crippen LogP contribution in [-0.4, -0.2) is 133 Å². The van der Waals surface area contributed by atoms with E-state index in [1.54, 1.807) is 27.9 Å². The number of rotatable bonds is 12. The summed E-state index contributed by atoms with van der Waals surface area (Å²) in [6, 6.07) is 1.99. The average Bonchev–Trinajstić information content (AvgIpc) is 3.53. The lowest BCUT2D eigenvalue weighted by Gasteiger charge is -2.55. The smallest absolute Gasteiger partial charge is 0.258 e. The molecule has 296 valence electrons. The molecule has 0 unspecified atom stereocenters. The first kappa shape index (κ1) is 39.8. The first-order valence-electron chi connectivity index (χ1n) is 18.1. The Labute approximate surface area is 313 Å². The number of likely N-dealkylation sites (tertiary alicyclic amines) is 2. The molecule has 1 amide bonds. The number of β-amino-alcohol motifs (C(OH)–C–C–N with tert-alkyl or cyclic N) is 1. The Hall–Kier alpha value is -3.84. The minimum absolute atomic E-state index is 0.00945. The van der Waals surface area contributed by atoms with Crippen molar-refractivity contribution in [1.82, 2.24) is 29.2 Å². The first-order chi connectivity index (χ1) is 25.4. The molecular formula is C36H49F3N8O6S. The Balaban J connectivity index is 1.03. The first-order valence-corrected chi connectivity index (χ1v) is 19.6. The van der Waals surface area contributed by atoms with Crippen LogP contribution in [0.4, 0.5) is 13.2 Å². The zero-order valence-corrected chi connectivity index (χ0v) is 31.9. The largest absolute Gasteiger partial charge is 0.451 e. The maximum atomic E-state index is 14.5. The van der Waals surface area contributed by atoms with Crippen molar-refractivity contribution in [1.29, 1.82) is 0 Å². The van der Waals surface area contributed by atoms with E-state index in [1.165, 1.54) is 34.2 Å². The molecule has 18 heteroatoms. The normalized spacial score (nSPS) is 25.0. The van der Waals surface area contributed by atoms with E-state index in [0.717, 1.165) is 38.1 Å². The van der Waals surface area contributed by atoms with Crippen LogP contribution in [0.2, 0.25) is 0 Å². The predicted molar refractivity (Wildman–Crippen MR) is 194 cm³/mol. The summed E-state index contributed by atoms with van der Waals surface area (Å²) in [7, 11) is -0.509. The molecule has 3 aliphatic heterocycles. The minimum Gasteiger partial charge on any atom is -0.451 e. The van der Waals surface area contributed by atoms with Crippen molar-refractivity contribution >= 4 is 28.5 Å². The number of piperidine rings is 1. The van der Waals surface area contributed by atoms with Crippen LogP contribution in [0.15, 0.2) is 57.4 Å². The van der Waals surface area contributed by atoms with Crippen LogP contribution < -0.4 is 9.46 Å². The van der Waals surface area contributed by atoms with Gasteiger partial charge in [-0.1, -0.05) is 0 Å². The second kappa shape index (κ2) is 15.4. The number of ether oxygens (including phenoxy) is 2. The van der Waals surface area contributed by atoms with Gasteiger partial charge >= 0.3 is 0 Å². The van der Waals surface area contributed by atoms with Crippen molar-refractivity contribution in [2.45, 2.75) is 87.1 Å². The van der Waals surface area contributed by atoms with E-state index in [9.17, 15) is 31.5 Å². The molecule has 14 nitrogen and oxygen atoms in total. The molecule has 0 bridgehead atoms. The van der Waals surface area contributed by atoms with Crippen molar-refractivity contribution in [3.05, 3.63) is 53.9 Å². The maximum Gasteiger partial charge on any atom is 0.258 e. The Morgan fingerprint density at radius 1 is 1.24 bits per heavy atom. The van der Waals surface area contributed by atoms with E-state index < -0.39 is 64.4 Å². The number of hydrogen-bond donors (Lipinski definition) is 2. The Morgan fingerprint density at radius 3 is 2.50 bits per heavy atom. The monoisotopic (exact) mass is 778 g/mol. The van der Waals surface area contributed by atoms with Gasteiger partial charge in [0, 0.05) is 76.2 Å². The number of nitrogens with zero attached hydrogens (tertiary/aromatic N) is 7. The third kappa shape index (κ3) is 8.67. The summed E-state index contributed by atoms with van der Waals surface area (Å²) in [5.74, 6) is -4.80. The molecule has 0 radical (unpaired) electrons. The van der Waals surface area contributed by atoms with Gasteiger partial charge in [-0.05, 0) is 71.1 Å². The number of aromatic nitrogens is 2. The summed E-state index contributed by atoms with van der Waals surface area (Å²) in [5.41, 5.74) is -0.105. The van der Waals surface area contributed by atoms with Crippen LogP contribution in [0.5, 0.6) is 5.75 Å². The fourth-order valence-electron chi connectivity index (χ4n) is 7.90. The molecule has 6 rings (SSSR count). The fraction of sp³-hybridized carbons (Fsp3) is 0.611. The van der Waals surface area contributed by atoms with Gasteiger partial charge in [-0.15, -0.1) is 0 Å². The number of carbonyl (C=O) groups excluding carboxylic acids is 1. The number of amides is 1. The van der Waals surface area contributed by atoms with E-state index in [0.29, 0.717) is 31.9 Å². The van der Waals surface area contributed by atoms with Crippen molar-refractivity contribution in [3.63, 3.8) is 0 Å². The number of nitrogens with one attached hydrogen (secondary N) is 1. The van der Waals surface area contributed by atoms with E-state index in [2.05, 4.69) is 31.4 Å². The molecular weight excluding hydrogens is 730 g/mol. The van der Waals surface area contributed by atoms with Crippen molar-refractivity contribution in [3.8, 4) is 5.75 Å². The number of amidine groups is 1. The molecule has 4 heterocycles. The maximum absolute atomic E-state index is 14.5. The molecule has 3 saturated heterocycles. The number of aryl methyl sites for hydroxylation is 1.